The van der Waals surface area contributed by atoms with Crippen molar-refractivity contribution >= 4 is 28.7 Å². The van der Waals surface area contributed by atoms with Gasteiger partial charge >= 0.3 is 6.03 Å². The van der Waals surface area contributed by atoms with E-state index in [-0.39, 0.29) is 12.1 Å². The number of anilines is 2. The van der Waals surface area contributed by atoms with Crippen LogP contribution >= 0.6 is 11.3 Å². The van der Waals surface area contributed by atoms with Crippen molar-refractivity contribution in [2.75, 3.05) is 24.3 Å². The van der Waals surface area contributed by atoms with Gasteiger partial charge in [0.25, 0.3) is 0 Å². The number of hydrogen-bond acceptors (Lipinski definition) is 3. The Morgan fingerprint density at radius 2 is 1.78 bits per heavy atom. The van der Waals surface area contributed by atoms with E-state index >= 15 is 0 Å². The van der Waals surface area contributed by atoms with Crippen LogP contribution in [0.1, 0.15) is 57.3 Å². The van der Waals surface area contributed by atoms with Crippen LogP contribution in [-0.4, -0.2) is 29.6 Å². The van der Waals surface area contributed by atoms with E-state index in [1.165, 1.54) is 33.8 Å². The molecular weight excluding hydrogens is 476 g/mol. The predicted octanol–water partition coefficient (Wildman–Crippen LogP) is 7.24. The van der Waals surface area contributed by atoms with Gasteiger partial charge in [-0.2, -0.15) is 0 Å². The summed E-state index contributed by atoms with van der Waals surface area (Å²) in [6.07, 6.45) is 6.89. The Balaban J connectivity index is 1.49. The summed E-state index contributed by atoms with van der Waals surface area (Å²) in [6.45, 7) is 4.71. The van der Waals surface area contributed by atoms with E-state index in [1.807, 2.05) is 23.2 Å². The number of thiophene rings is 1. The number of aromatic nitrogens is 1. The molecule has 2 aliphatic rings. The molecule has 0 radical (unpaired) electrons. The van der Waals surface area contributed by atoms with E-state index < -0.39 is 0 Å². The number of rotatable bonds is 3. The number of amides is 2. The first-order chi connectivity index (χ1) is 17.9. The summed E-state index contributed by atoms with van der Waals surface area (Å²) in [6, 6.07) is 18.9. The Hall–Kier alpha value is -3.51. The fourth-order valence-corrected chi connectivity index (χ4v) is 7.15. The van der Waals surface area contributed by atoms with Crippen LogP contribution < -0.4 is 10.2 Å². The van der Waals surface area contributed by atoms with E-state index in [4.69, 9.17) is 0 Å². The van der Waals surface area contributed by atoms with Crippen LogP contribution in [-0.2, 0) is 19.4 Å². The first-order valence-corrected chi connectivity index (χ1v) is 14.0. The van der Waals surface area contributed by atoms with Crippen molar-refractivity contribution in [2.45, 2.75) is 52.1 Å². The van der Waals surface area contributed by atoms with Crippen LogP contribution in [0.15, 0.2) is 60.8 Å². The molecule has 6 heteroatoms. The van der Waals surface area contributed by atoms with Gasteiger partial charge in [-0.15, -0.1) is 11.3 Å². The molecule has 6 rings (SSSR count). The molecule has 5 nitrogen and oxygen atoms in total. The van der Waals surface area contributed by atoms with E-state index in [1.54, 1.807) is 0 Å². The molecule has 1 aliphatic heterocycles. The predicted molar refractivity (Wildman–Crippen MR) is 153 cm³/mol. The summed E-state index contributed by atoms with van der Waals surface area (Å²) in [5.41, 5.74) is 9.26. The molecule has 0 fully saturated rings. The third kappa shape index (κ3) is 4.23. The number of urea groups is 1. The van der Waals surface area contributed by atoms with Gasteiger partial charge < -0.3 is 19.7 Å². The summed E-state index contributed by atoms with van der Waals surface area (Å²) >= 11 is 1.92. The number of benzene rings is 2. The molecule has 190 valence electrons. The third-order valence-electron chi connectivity index (χ3n) is 7.80. The highest BCUT2D eigenvalue weighted by Crippen LogP contribution is 2.44. The second-order valence-electron chi connectivity index (χ2n) is 10.6. The van der Waals surface area contributed by atoms with Crippen molar-refractivity contribution in [1.29, 1.82) is 0 Å². The zero-order chi connectivity index (χ0) is 25.7. The number of nitrogens with zero attached hydrogens (tertiary/aromatic N) is 3. The molecule has 0 spiro atoms. The maximum absolute atomic E-state index is 14.2. The van der Waals surface area contributed by atoms with Gasteiger partial charge in [0.15, 0.2) is 0 Å². The van der Waals surface area contributed by atoms with Gasteiger partial charge in [0.1, 0.15) is 5.00 Å². The normalized spacial score (nSPS) is 16.4. The molecule has 2 amide bonds. The first kappa shape index (κ1) is 23.9. The molecule has 3 heterocycles. The number of fused-ring (bicyclic) bond motifs is 5. The van der Waals surface area contributed by atoms with Crippen molar-refractivity contribution in [3.63, 3.8) is 0 Å². The lowest BCUT2D eigenvalue weighted by Crippen LogP contribution is -2.38. The second kappa shape index (κ2) is 9.42. The summed E-state index contributed by atoms with van der Waals surface area (Å²) in [5.74, 6) is 0. The van der Waals surface area contributed by atoms with Gasteiger partial charge in [-0.25, -0.2) is 4.79 Å². The molecule has 0 bridgehead atoms. The van der Waals surface area contributed by atoms with Crippen molar-refractivity contribution < 1.29 is 4.79 Å². The fraction of sp³-hybridized carbons (Fsp3) is 0.323. The monoisotopic (exact) mass is 510 g/mol. The molecule has 0 saturated heterocycles. The van der Waals surface area contributed by atoms with E-state index in [0.29, 0.717) is 6.54 Å². The zero-order valence-corrected chi connectivity index (χ0v) is 22.9. The highest BCUT2D eigenvalue weighted by atomic mass is 32.1. The van der Waals surface area contributed by atoms with E-state index in [0.717, 1.165) is 46.6 Å². The van der Waals surface area contributed by atoms with Crippen LogP contribution in [0.4, 0.5) is 16.2 Å². The Morgan fingerprint density at radius 1 is 1.00 bits per heavy atom. The average molecular weight is 511 g/mol. The van der Waals surface area contributed by atoms with Gasteiger partial charge in [-0.3, -0.25) is 0 Å². The number of carbonyl (C=O) groups excluding carboxylic acids is 1. The second-order valence-corrected chi connectivity index (χ2v) is 11.6. The Morgan fingerprint density at radius 3 is 2.57 bits per heavy atom. The highest BCUT2D eigenvalue weighted by molar-refractivity contribution is 7.15. The minimum Gasteiger partial charge on any atom is -0.378 e. The number of hydrogen-bond donors (Lipinski definition) is 1. The molecule has 2 aromatic heterocycles. The largest absolute Gasteiger partial charge is 0.378 e. The maximum atomic E-state index is 14.2. The highest BCUT2D eigenvalue weighted by Gasteiger charge is 2.36. The van der Waals surface area contributed by atoms with Gasteiger partial charge in [-0.1, -0.05) is 24.3 Å². The SMILES string of the molecule is Cc1ccc(C)c(NC(=O)N2Cc3c(sc4c3CCCC4)-n3cccc3C2c2ccc(N(C)C)cc2)c1. The lowest BCUT2D eigenvalue weighted by Gasteiger charge is -2.32. The van der Waals surface area contributed by atoms with Gasteiger partial charge in [0.05, 0.1) is 18.3 Å². The Bertz CT molecular complexity index is 1460. The molecule has 0 saturated carbocycles. The lowest BCUT2D eigenvalue weighted by atomic mass is 9.95. The lowest BCUT2D eigenvalue weighted by molar-refractivity contribution is 0.194. The van der Waals surface area contributed by atoms with Crippen molar-refractivity contribution in [3.05, 3.63) is 99.2 Å². The van der Waals surface area contributed by atoms with Crippen molar-refractivity contribution in [2.24, 2.45) is 0 Å². The smallest absolute Gasteiger partial charge is 0.322 e. The van der Waals surface area contributed by atoms with E-state index in [2.05, 4.69) is 96.6 Å². The quantitative estimate of drug-likeness (QED) is 0.316. The molecule has 1 aliphatic carbocycles. The minimum absolute atomic E-state index is 0.0632. The maximum Gasteiger partial charge on any atom is 0.322 e. The minimum atomic E-state index is -0.199. The Kier molecular flexibility index (Phi) is 6.07. The van der Waals surface area contributed by atoms with Crippen LogP contribution in [0.2, 0.25) is 0 Å². The molecule has 37 heavy (non-hydrogen) atoms. The molecule has 2 aromatic carbocycles. The van der Waals surface area contributed by atoms with Gasteiger partial charge in [0, 0.05) is 42.1 Å². The summed E-state index contributed by atoms with van der Waals surface area (Å²) in [4.78, 5) is 19.8. The fourth-order valence-electron chi connectivity index (χ4n) is 5.75. The van der Waals surface area contributed by atoms with Gasteiger partial charge in [0.2, 0.25) is 0 Å². The molecule has 1 N–H and O–H groups in total. The zero-order valence-electron chi connectivity index (χ0n) is 22.0. The van der Waals surface area contributed by atoms with Crippen LogP contribution in [0.3, 0.4) is 0 Å². The van der Waals surface area contributed by atoms with Crippen LogP contribution in [0.25, 0.3) is 5.00 Å². The van der Waals surface area contributed by atoms with Crippen LogP contribution in [0.5, 0.6) is 0 Å². The molecule has 1 unspecified atom stereocenters. The molecule has 1 atom stereocenters. The van der Waals surface area contributed by atoms with Crippen molar-refractivity contribution in [3.8, 4) is 5.00 Å². The molecular formula is C31H34N4OS. The summed E-state index contributed by atoms with van der Waals surface area (Å²) in [7, 11) is 4.10. The van der Waals surface area contributed by atoms with Crippen molar-refractivity contribution in [1.82, 2.24) is 9.47 Å². The number of nitrogens with one attached hydrogen (secondary N) is 1. The topological polar surface area (TPSA) is 40.5 Å². The molecule has 4 aromatic rings. The Labute approximate surface area is 223 Å². The first-order valence-electron chi connectivity index (χ1n) is 13.1. The average Bonchev–Trinajstić information content (AvgIpc) is 3.48. The summed E-state index contributed by atoms with van der Waals surface area (Å²) < 4.78 is 2.34. The van der Waals surface area contributed by atoms with Crippen LogP contribution in [0, 0.1) is 13.8 Å². The van der Waals surface area contributed by atoms with E-state index in [9.17, 15) is 4.79 Å². The van der Waals surface area contributed by atoms with Gasteiger partial charge in [-0.05, 0) is 92.1 Å². The summed E-state index contributed by atoms with van der Waals surface area (Å²) in [5, 5.41) is 4.56. The standard InChI is InChI=1S/C31H34N4OS/c1-20-11-12-21(2)26(18-20)32-31(36)35-19-25-24-8-5-6-10-28(24)37-30(25)34-17-7-9-27(34)29(35)22-13-15-23(16-14-22)33(3)4/h7,9,11-18,29H,5-6,8,10,19H2,1-4H3,(H,32,36). The third-order valence-corrected chi connectivity index (χ3v) is 9.13. The number of carbonyl (C=O) groups is 1. The number of aryl methyl sites for hydroxylation is 3.